The molecule has 2 aromatic carbocycles. The van der Waals surface area contributed by atoms with Crippen LogP contribution in [0, 0.1) is 5.82 Å². The molecule has 1 aromatic heterocycles. The highest BCUT2D eigenvalue weighted by atomic mass is 35.5. The van der Waals surface area contributed by atoms with E-state index < -0.39 is 21.7 Å². The molecule has 0 spiro atoms. The van der Waals surface area contributed by atoms with Crippen LogP contribution in [0.1, 0.15) is 5.56 Å². The van der Waals surface area contributed by atoms with Gasteiger partial charge in [-0.05, 0) is 41.4 Å². The van der Waals surface area contributed by atoms with Crippen molar-refractivity contribution in [1.29, 1.82) is 0 Å². The molecule has 27 heavy (non-hydrogen) atoms. The highest BCUT2D eigenvalue weighted by molar-refractivity contribution is 7.89. The molecule has 3 N–H and O–H groups in total. The first kappa shape index (κ1) is 19.0. The van der Waals surface area contributed by atoms with Crippen LogP contribution in [0.2, 0.25) is 5.28 Å². The van der Waals surface area contributed by atoms with Gasteiger partial charge in [0.1, 0.15) is 17.0 Å². The second-order valence-corrected chi connectivity index (χ2v) is 7.37. The van der Waals surface area contributed by atoms with Crippen LogP contribution in [-0.4, -0.2) is 29.1 Å². The highest BCUT2D eigenvalue weighted by Crippen LogP contribution is 2.23. The fourth-order valence-electron chi connectivity index (χ4n) is 2.39. The summed E-state index contributed by atoms with van der Waals surface area (Å²) in [6.07, 6.45) is 1.01. The molecular formula is C16H13ClFN5O3S. The van der Waals surface area contributed by atoms with E-state index in [1.165, 1.54) is 42.7 Å². The summed E-state index contributed by atoms with van der Waals surface area (Å²) in [7, 11) is -4.14. The Morgan fingerprint density at radius 2 is 2.00 bits per heavy atom. The molecule has 140 valence electrons. The zero-order valence-corrected chi connectivity index (χ0v) is 15.2. The molecule has 0 aliphatic rings. The maximum Gasteiger partial charge on any atom is 0.242 e. The first-order valence-corrected chi connectivity index (χ1v) is 9.44. The summed E-state index contributed by atoms with van der Waals surface area (Å²) in [5.74, 6) is -1.02. The predicted molar refractivity (Wildman–Crippen MR) is 96.5 cm³/mol. The number of halogens is 2. The molecule has 0 saturated carbocycles. The Bertz CT molecular complexity index is 1120. The molecule has 0 radical (unpaired) electrons. The molecule has 0 fully saturated rings. The van der Waals surface area contributed by atoms with Gasteiger partial charge in [0.25, 0.3) is 0 Å². The third-order valence-corrected chi connectivity index (χ3v) is 4.68. The molecule has 1 amide bonds. The summed E-state index contributed by atoms with van der Waals surface area (Å²) >= 11 is 5.66. The van der Waals surface area contributed by atoms with Crippen molar-refractivity contribution >= 4 is 33.2 Å². The highest BCUT2D eigenvalue weighted by Gasteiger charge is 2.18. The summed E-state index contributed by atoms with van der Waals surface area (Å²) < 4.78 is 38.7. The summed E-state index contributed by atoms with van der Waals surface area (Å²) in [5.41, 5.74) is 0.509. The van der Waals surface area contributed by atoms with Crippen molar-refractivity contribution in [2.75, 3.05) is 5.32 Å². The van der Waals surface area contributed by atoms with Crippen LogP contribution in [0.5, 0.6) is 0 Å². The van der Waals surface area contributed by atoms with E-state index >= 15 is 0 Å². The predicted octanol–water partition coefficient (Wildman–Crippen LogP) is 1.89. The molecule has 0 aliphatic heterocycles. The van der Waals surface area contributed by atoms with Crippen molar-refractivity contribution in [2.24, 2.45) is 5.14 Å². The van der Waals surface area contributed by atoms with E-state index in [0.29, 0.717) is 0 Å². The van der Waals surface area contributed by atoms with Gasteiger partial charge in [0.15, 0.2) is 0 Å². The third-order valence-electron chi connectivity index (χ3n) is 3.57. The number of aromatic nitrogens is 3. The lowest BCUT2D eigenvalue weighted by Gasteiger charge is -2.11. The minimum absolute atomic E-state index is 0.0716. The van der Waals surface area contributed by atoms with Crippen molar-refractivity contribution in [1.82, 2.24) is 14.8 Å². The van der Waals surface area contributed by atoms with Crippen molar-refractivity contribution in [3.05, 3.63) is 65.5 Å². The van der Waals surface area contributed by atoms with E-state index in [0.717, 1.165) is 4.68 Å². The van der Waals surface area contributed by atoms with Gasteiger partial charge in [-0.15, -0.1) is 5.10 Å². The number of benzene rings is 2. The summed E-state index contributed by atoms with van der Waals surface area (Å²) in [5, 5.41) is 11.5. The van der Waals surface area contributed by atoms with Crippen molar-refractivity contribution in [3.63, 3.8) is 0 Å². The number of nitrogens with zero attached hydrogens (tertiary/aromatic N) is 3. The van der Waals surface area contributed by atoms with Gasteiger partial charge in [0, 0.05) is 5.69 Å². The van der Waals surface area contributed by atoms with Crippen LogP contribution in [-0.2, 0) is 21.2 Å². The largest absolute Gasteiger partial charge is 0.326 e. The number of hydrogen-bond donors (Lipinski definition) is 2. The van der Waals surface area contributed by atoms with Crippen LogP contribution in [0.4, 0.5) is 10.1 Å². The Kier molecular flexibility index (Phi) is 5.22. The van der Waals surface area contributed by atoms with Crippen LogP contribution < -0.4 is 10.5 Å². The van der Waals surface area contributed by atoms with E-state index in [1.807, 2.05) is 0 Å². The van der Waals surface area contributed by atoms with E-state index in [2.05, 4.69) is 15.4 Å². The molecule has 1 heterocycles. The van der Waals surface area contributed by atoms with Crippen molar-refractivity contribution < 1.29 is 17.6 Å². The van der Waals surface area contributed by atoms with Gasteiger partial charge in [-0.1, -0.05) is 18.2 Å². The lowest BCUT2D eigenvalue weighted by Crippen LogP contribution is -2.18. The smallest absolute Gasteiger partial charge is 0.242 e. The molecular weight excluding hydrogens is 397 g/mol. The van der Waals surface area contributed by atoms with Crippen molar-refractivity contribution in [2.45, 2.75) is 11.3 Å². The Morgan fingerprint density at radius 1 is 1.26 bits per heavy atom. The summed E-state index contributed by atoms with van der Waals surface area (Å²) in [6.45, 7) is 0. The SMILES string of the molecule is NS(=O)(=O)c1cc(NC(=O)Cc2ccccc2F)ccc1-n1cnc(Cl)n1. The number of amides is 1. The van der Waals surface area contributed by atoms with Gasteiger partial charge in [-0.25, -0.2) is 27.6 Å². The second kappa shape index (κ2) is 7.43. The van der Waals surface area contributed by atoms with Gasteiger partial charge >= 0.3 is 0 Å². The molecule has 0 saturated heterocycles. The maximum atomic E-state index is 13.6. The van der Waals surface area contributed by atoms with E-state index in [9.17, 15) is 17.6 Å². The van der Waals surface area contributed by atoms with Gasteiger partial charge in [-0.3, -0.25) is 4.79 Å². The Morgan fingerprint density at radius 3 is 2.63 bits per heavy atom. The standard InChI is InChI=1S/C16H13ClFN5O3S/c17-16-20-9-23(22-16)13-6-5-11(8-14(13)27(19,25)26)21-15(24)7-10-3-1-2-4-12(10)18/h1-6,8-9H,7H2,(H,21,24)(H2,19,25,26). The molecule has 8 nitrogen and oxygen atoms in total. The number of hydrogen-bond acceptors (Lipinski definition) is 5. The normalized spacial score (nSPS) is 11.4. The zero-order valence-electron chi connectivity index (χ0n) is 13.6. The van der Waals surface area contributed by atoms with Crippen LogP contribution in [0.25, 0.3) is 5.69 Å². The first-order valence-electron chi connectivity index (χ1n) is 7.51. The van der Waals surface area contributed by atoms with E-state index in [4.69, 9.17) is 16.7 Å². The summed E-state index contributed by atoms with van der Waals surface area (Å²) in [4.78, 5) is 15.6. The van der Waals surface area contributed by atoms with Crippen LogP contribution in [0.3, 0.4) is 0 Å². The second-order valence-electron chi connectivity index (χ2n) is 5.50. The number of rotatable bonds is 5. The Labute approximate surface area is 158 Å². The fraction of sp³-hybridized carbons (Fsp3) is 0.0625. The van der Waals surface area contributed by atoms with Gasteiger partial charge in [-0.2, -0.15) is 0 Å². The summed E-state index contributed by atoms with van der Waals surface area (Å²) in [6, 6.07) is 9.90. The quantitative estimate of drug-likeness (QED) is 0.666. The zero-order chi connectivity index (χ0) is 19.6. The van der Waals surface area contributed by atoms with Gasteiger partial charge in [0.2, 0.25) is 21.2 Å². The average Bonchev–Trinajstić information content (AvgIpc) is 3.02. The Hall–Kier alpha value is -2.82. The van der Waals surface area contributed by atoms with Gasteiger partial charge < -0.3 is 5.32 Å². The number of primary sulfonamides is 1. The minimum atomic E-state index is -4.14. The van der Waals surface area contributed by atoms with E-state index in [-0.39, 0.29) is 33.5 Å². The third kappa shape index (κ3) is 4.48. The van der Waals surface area contributed by atoms with Gasteiger partial charge in [0.05, 0.1) is 12.1 Å². The van der Waals surface area contributed by atoms with Crippen LogP contribution >= 0.6 is 11.6 Å². The molecule has 0 bridgehead atoms. The minimum Gasteiger partial charge on any atom is -0.326 e. The molecule has 0 unspecified atom stereocenters. The van der Waals surface area contributed by atoms with Crippen molar-refractivity contribution in [3.8, 4) is 5.69 Å². The molecule has 0 atom stereocenters. The lowest BCUT2D eigenvalue weighted by atomic mass is 10.1. The number of anilines is 1. The number of carbonyl (C=O) groups is 1. The first-order chi connectivity index (χ1) is 12.7. The molecule has 3 rings (SSSR count). The lowest BCUT2D eigenvalue weighted by molar-refractivity contribution is -0.115. The van der Waals surface area contributed by atoms with E-state index in [1.54, 1.807) is 6.07 Å². The molecule has 0 aliphatic carbocycles. The Balaban J connectivity index is 1.89. The monoisotopic (exact) mass is 409 g/mol. The fourth-order valence-corrected chi connectivity index (χ4v) is 3.26. The number of carbonyl (C=O) groups excluding carboxylic acids is 1. The maximum absolute atomic E-state index is 13.6. The number of nitrogens with two attached hydrogens (primary N) is 1. The van der Waals surface area contributed by atoms with Crippen LogP contribution in [0.15, 0.2) is 53.7 Å². The molecule has 11 heteroatoms. The number of sulfonamides is 1. The average molecular weight is 410 g/mol. The topological polar surface area (TPSA) is 120 Å². The molecule has 3 aromatic rings. The number of nitrogens with one attached hydrogen (secondary N) is 1.